The number of aryl methyl sites for hydroxylation is 1. The van der Waals surface area contributed by atoms with Gasteiger partial charge in [0.2, 0.25) is 0 Å². The number of nitrogens with one attached hydrogen (secondary N) is 1. The van der Waals surface area contributed by atoms with Crippen molar-refractivity contribution in [3.63, 3.8) is 0 Å². The molecule has 1 aliphatic rings. The third kappa shape index (κ3) is 5.57. The van der Waals surface area contributed by atoms with Crippen molar-refractivity contribution in [2.45, 2.75) is 38.8 Å². The largest absolute Gasteiger partial charge is 0.496 e. The molecule has 1 saturated heterocycles. The number of carbonyl (C=O) groups excluding carboxylic acids is 1. The van der Waals surface area contributed by atoms with E-state index in [0.29, 0.717) is 13.1 Å². The van der Waals surface area contributed by atoms with Crippen molar-refractivity contribution in [1.82, 2.24) is 14.8 Å². The molecule has 34 heavy (non-hydrogen) atoms. The highest BCUT2D eigenvalue weighted by Crippen LogP contribution is 2.30. The first kappa shape index (κ1) is 23.8. The summed E-state index contributed by atoms with van der Waals surface area (Å²) in [6, 6.07) is 19.3. The van der Waals surface area contributed by atoms with E-state index in [1.165, 1.54) is 6.42 Å². The molecule has 2 heterocycles. The van der Waals surface area contributed by atoms with Crippen LogP contribution in [0.25, 0.3) is 0 Å². The summed E-state index contributed by atoms with van der Waals surface area (Å²) in [5, 5.41) is 3.04. The summed E-state index contributed by atoms with van der Waals surface area (Å²) in [4.78, 5) is 28.6. The Hall–Kier alpha value is -3.38. The molecule has 1 N–H and O–H groups in total. The van der Waals surface area contributed by atoms with Gasteiger partial charge in [-0.2, -0.15) is 0 Å². The number of methoxy groups -OCH3 is 1. The lowest BCUT2D eigenvalue weighted by Crippen LogP contribution is -2.42. The molecule has 6 heteroatoms. The van der Waals surface area contributed by atoms with Gasteiger partial charge in [-0.3, -0.25) is 14.5 Å². The standard InChI is InChI=1S/C28H33N3O3/c1-21-10-8-11-22(18-21)20-31-17-9-13-24(28(31)33)27(32)29-19-25(30-15-6-3-7-16-30)23-12-4-5-14-26(23)34-2/h4-5,8-14,17-18,25H,3,6-7,15-16,19-20H2,1-2H3,(H,29,32). The Morgan fingerprint density at radius 2 is 1.82 bits per heavy atom. The Kier molecular flexibility index (Phi) is 7.80. The summed E-state index contributed by atoms with van der Waals surface area (Å²) in [6.45, 7) is 4.82. The molecular weight excluding hydrogens is 426 g/mol. The fourth-order valence-electron chi connectivity index (χ4n) is 4.73. The minimum absolute atomic E-state index is 0.0152. The number of rotatable bonds is 8. The minimum atomic E-state index is -0.347. The third-order valence-corrected chi connectivity index (χ3v) is 6.49. The van der Waals surface area contributed by atoms with Crippen LogP contribution in [0.4, 0.5) is 0 Å². The molecule has 0 spiro atoms. The Bertz CT molecular complexity index is 1180. The second-order valence-electron chi connectivity index (χ2n) is 8.91. The van der Waals surface area contributed by atoms with Crippen LogP contribution in [0, 0.1) is 6.92 Å². The molecule has 4 rings (SSSR count). The normalized spacial score (nSPS) is 15.0. The molecule has 2 aromatic carbocycles. The molecule has 1 amide bonds. The number of hydrogen-bond donors (Lipinski definition) is 1. The number of nitrogens with zero attached hydrogens (tertiary/aromatic N) is 2. The van der Waals surface area contributed by atoms with E-state index in [9.17, 15) is 9.59 Å². The monoisotopic (exact) mass is 459 g/mol. The first-order valence-electron chi connectivity index (χ1n) is 12.0. The highest BCUT2D eigenvalue weighted by Gasteiger charge is 2.26. The van der Waals surface area contributed by atoms with E-state index >= 15 is 0 Å². The van der Waals surface area contributed by atoms with Gasteiger partial charge in [-0.15, -0.1) is 0 Å². The van der Waals surface area contributed by atoms with Gasteiger partial charge >= 0.3 is 0 Å². The fraction of sp³-hybridized carbons (Fsp3) is 0.357. The Labute approximate surface area is 201 Å². The summed E-state index contributed by atoms with van der Waals surface area (Å²) in [5.74, 6) is 0.466. The second kappa shape index (κ2) is 11.2. The van der Waals surface area contributed by atoms with Gasteiger partial charge in [0.25, 0.3) is 11.5 Å². The van der Waals surface area contributed by atoms with Crippen LogP contribution in [0.3, 0.4) is 0 Å². The van der Waals surface area contributed by atoms with E-state index in [1.807, 2.05) is 43.3 Å². The molecule has 0 radical (unpaired) electrons. The van der Waals surface area contributed by atoms with Gasteiger partial charge < -0.3 is 14.6 Å². The number of likely N-dealkylation sites (tertiary alicyclic amines) is 1. The van der Waals surface area contributed by atoms with Gasteiger partial charge in [0.15, 0.2) is 0 Å². The summed E-state index contributed by atoms with van der Waals surface area (Å²) in [7, 11) is 1.67. The number of amides is 1. The van der Waals surface area contributed by atoms with Gasteiger partial charge in [-0.1, -0.05) is 54.4 Å². The number of hydrogen-bond acceptors (Lipinski definition) is 4. The first-order chi connectivity index (χ1) is 16.6. The van der Waals surface area contributed by atoms with E-state index in [1.54, 1.807) is 30.0 Å². The van der Waals surface area contributed by atoms with Crippen molar-refractivity contribution in [2.75, 3.05) is 26.7 Å². The van der Waals surface area contributed by atoms with E-state index in [-0.39, 0.29) is 23.1 Å². The average Bonchev–Trinajstić information content (AvgIpc) is 2.86. The number of carbonyl (C=O) groups is 1. The quantitative estimate of drug-likeness (QED) is 0.549. The van der Waals surface area contributed by atoms with Crippen LogP contribution in [0.15, 0.2) is 71.7 Å². The Morgan fingerprint density at radius 1 is 1.03 bits per heavy atom. The fourth-order valence-corrected chi connectivity index (χ4v) is 4.73. The maximum Gasteiger partial charge on any atom is 0.263 e. The topological polar surface area (TPSA) is 63.6 Å². The molecule has 3 aromatic rings. The number of piperidine rings is 1. The molecule has 0 aliphatic carbocycles. The van der Waals surface area contributed by atoms with Crippen molar-refractivity contribution >= 4 is 5.91 Å². The number of aromatic nitrogens is 1. The maximum atomic E-state index is 13.1. The second-order valence-corrected chi connectivity index (χ2v) is 8.91. The molecule has 1 aromatic heterocycles. The molecule has 6 nitrogen and oxygen atoms in total. The van der Waals surface area contributed by atoms with Gasteiger partial charge in [0.1, 0.15) is 11.3 Å². The maximum absolute atomic E-state index is 13.1. The van der Waals surface area contributed by atoms with E-state index in [2.05, 4.69) is 22.3 Å². The molecule has 0 bridgehead atoms. The Balaban J connectivity index is 1.53. The van der Waals surface area contributed by atoms with Crippen molar-refractivity contribution in [1.29, 1.82) is 0 Å². The van der Waals surface area contributed by atoms with Crippen LogP contribution < -0.4 is 15.6 Å². The summed E-state index contributed by atoms with van der Waals surface area (Å²) in [5.41, 5.74) is 3.10. The molecule has 1 aliphatic heterocycles. The Morgan fingerprint density at radius 3 is 2.59 bits per heavy atom. The van der Waals surface area contributed by atoms with Crippen LogP contribution in [0.5, 0.6) is 5.75 Å². The van der Waals surface area contributed by atoms with Crippen molar-refractivity contribution in [3.8, 4) is 5.75 Å². The molecule has 1 fully saturated rings. The van der Waals surface area contributed by atoms with Crippen molar-refractivity contribution < 1.29 is 9.53 Å². The zero-order chi connectivity index (χ0) is 23.9. The predicted molar refractivity (Wildman–Crippen MR) is 134 cm³/mol. The van der Waals surface area contributed by atoms with Gasteiger partial charge in [0, 0.05) is 18.3 Å². The predicted octanol–water partition coefficient (Wildman–Crippen LogP) is 4.17. The first-order valence-corrected chi connectivity index (χ1v) is 12.0. The lowest BCUT2D eigenvalue weighted by Gasteiger charge is -2.35. The van der Waals surface area contributed by atoms with Crippen LogP contribution in [-0.2, 0) is 6.54 Å². The number of benzene rings is 2. The van der Waals surface area contributed by atoms with Gasteiger partial charge in [-0.05, 0) is 56.6 Å². The van der Waals surface area contributed by atoms with E-state index in [4.69, 9.17) is 4.74 Å². The minimum Gasteiger partial charge on any atom is -0.496 e. The molecule has 1 atom stereocenters. The number of para-hydroxylation sites is 1. The lowest BCUT2D eigenvalue weighted by molar-refractivity contribution is 0.0921. The summed E-state index contributed by atoms with van der Waals surface area (Å²) >= 11 is 0. The van der Waals surface area contributed by atoms with Crippen molar-refractivity contribution in [3.05, 3.63) is 99.5 Å². The molecule has 1 unspecified atom stereocenters. The highest BCUT2D eigenvalue weighted by molar-refractivity contribution is 5.93. The SMILES string of the molecule is COc1ccccc1C(CNC(=O)c1cccn(Cc2cccc(C)c2)c1=O)N1CCCCC1. The number of ether oxygens (including phenoxy) is 1. The van der Waals surface area contributed by atoms with Crippen LogP contribution in [0.1, 0.15) is 52.4 Å². The number of pyridine rings is 1. The highest BCUT2D eigenvalue weighted by atomic mass is 16.5. The van der Waals surface area contributed by atoms with Crippen molar-refractivity contribution in [2.24, 2.45) is 0 Å². The van der Waals surface area contributed by atoms with Gasteiger partial charge in [-0.25, -0.2) is 0 Å². The van der Waals surface area contributed by atoms with Crippen LogP contribution in [-0.4, -0.2) is 42.1 Å². The smallest absolute Gasteiger partial charge is 0.263 e. The van der Waals surface area contributed by atoms with E-state index < -0.39 is 0 Å². The van der Waals surface area contributed by atoms with Crippen LogP contribution >= 0.6 is 0 Å². The molecular formula is C28H33N3O3. The molecule has 0 saturated carbocycles. The summed E-state index contributed by atoms with van der Waals surface area (Å²) in [6.07, 6.45) is 5.24. The van der Waals surface area contributed by atoms with Crippen LogP contribution in [0.2, 0.25) is 0 Å². The summed E-state index contributed by atoms with van der Waals surface area (Å²) < 4.78 is 7.20. The van der Waals surface area contributed by atoms with Gasteiger partial charge in [0.05, 0.1) is 19.7 Å². The zero-order valence-electron chi connectivity index (χ0n) is 20.0. The average molecular weight is 460 g/mol. The molecule has 178 valence electrons. The van der Waals surface area contributed by atoms with E-state index in [0.717, 1.165) is 48.4 Å². The third-order valence-electron chi connectivity index (χ3n) is 6.49. The lowest BCUT2D eigenvalue weighted by atomic mass is 10.0. The zero-order valence-corrected chi connectivity index (χ0v) is 20.0.